The molecule has 3 aromatic rings. The van der Waals surface area contributed by atoms with Crippen LogP contribution < -0.4 is 11.1 Å². The first-order valence-corrected chi connectivity index (χ1v) is 5.08. The number of pyridine rings is 1. The topological polar surface area (TPSA) is 112 Å². The molecule has 0 fully saturated rings. The van der Waals surface area contributed by atoms with E-state index in [1.807, 2.05) is 12.3 Å². The van der Waals surface area contributed by atoms with Gasteiger partial charge in [0.2, 0.25) is 0 Å². The molecule has 3 rings (SSSR count). The predicted molar refractivity (Wildman–Crippen MR) is 62.2 cm³/mol. The fourth-order valence-corrected chi connectivity index (χ4v) is 1.78. The van der Waals surface area contributed by atoms with E-state index in [2.05, 4.69) is 25.3 Å². The molecule has 0 aromatic carbocycles. The standard InChI is InChI=1S/C10H10N6O/c11-10(17)14-4-7-15-6-3-13-9-5(1-2-12-9)8(6)16-7/h1-3H,4H2,(H,12,13)(H,15,16)(H3,11,14,17). The zero-order valence-electron chi connectivity index (χ0n) is 8.82. The number of nitrogens with two attached hydrogens (primary N) is 1. The molecule has 7 heteroatoms. The lowest BCUT2D eigenvalue weighted by molar-refractivity contribution is 0.248. The van der Waals surface area contributed by atoms with Crippen LogP contribution in [0.25, 0.3) is 22.1 Å². The van der Waals surface area contributed by atoms with E-state index in [0.29, 0.717) is 5.82 Å². The minimum absolute atomic E-state index is 0.274. The van der Waals surface area contributed by atoms with Crippen LogP contribution >= 0.6 is 0 Å². The molecule has 2 amide bonds. The molecule has 0 radical (unpaired) electrons. The number of nitrogens with zero attached hydrogens (tertiary/aromatic N) is 2. The molecule has 3 heterocycles. The van der Waals surface area contributed by atoms with E-state index in [9.17, 15) is 4.79 Å². The Hall–Kier alpha value is -2.57. The van der Waals surface area contributed by atoms with Crippen molar-refractivity contribution in [2.24, 2.45) is 5.73 Å². The average molecular weight is 230 g/mol. The molecule has 0 spiro atoms. The minimum atomic E-state index is -0.574. The van der Waals surface area contributed by atoms with Crippen LogP contribution in [0.3, 0.4) is 0 Å². The Labute approximate surface area is 95.4 Å². The quantitative estimate of drug-likeness (QED) is 0.517. The van der Waals surface area contributed by atoms with Crippen molar-refractivity contribution in [3.05, 3.63) is 24.3 Å². The van der Waals surface area contributed by atoms with Crippen LogP contribution in [-0.2, 0) is 6.54 Å². The van der Waals surface area contributed by atoms with Crippen molar-refractivity contribution in [1.29, 1.82) is 0 Å². The number of amides is 2. The fourth-order valence-electron chi connectivity index (χ4n) is 1.78. The van der Waals surface area contributed by atoms with Crippen LogP contribution in [0.1, 0.15) is 5.82 Å². The van der Waals surface area contributed by atoms with Gasteiger partial charge in [-0.1, -0.05) is 0 Å². The number of carbonyl (C=O) groups excluding carboxylic acids is 1. The van der Waals surface area contributed by atoms with E-state index in [4.69, 9.17) is 5.73 Å². The number of aromatic nitrogens is 4. The molecule has 0 saturated heterocycles. The van der Waals surface area contributed by atoms with Gasteiger partial charge in [-0.25, -0.2) is 14.8 Å². The number of aromatic amines is 2. The maximum absolute atomic E-state index is 10.6. The van der Waals surface area contributed by atoms with Gasteiger partial charge in [-0.05, 0) is 6.07 Å². The number of rotatable bonds is 2. The Kier molecular flexibility index (Phi) is 1.97. The molecule has 0 atom stereocenters. The first-order valence-electron chi connectivity index (χ1n) is 5.08. The number of hydrogen-bond acceptors (Lipinski definition) is 3. The first-order chi connectivity index (χ1) is 8.24. The monoisotopic (exact) mass is 230 g/mol. The molecule has 0 unspecified atom stereocenters. The number of carbonyl (C=O) groups is 1. The minimum Gasteiger partial charge on any atom is -0.352 e. The van der Waals surface area contributed by atoms with Gasteiger partial charge < -0.3 is 21.0 Å². The Bertz CT molecular complexity index is 697. The normalized spacial score (nSPS) is 11.1. The number of nitrogens with one attached hydrogen (secondary N) is 3. The molecule has 0 saturated carbocycles. The van der Waals surface area contributed by atoms with E-state index in [-0.39, 0.29) is 6.54 Å². The highest BCUT2D eigenvalue weighted by molar-refractivity contribution is 6.00. The summed E-state index contributed by atoms with van der Waals surface area (Å²) in [5.74, 6) is 0.648. The summed E-state index contributed by atoms with van der Waals surface area (Å²) in [6.45, 7) is 0.274. The predicted octanol–water partition coefficient (Wildman–Crippen LogP) is 0.607. The molecular formula is C10H10N6O. The second-order valence-electron chi connectivity index (χ2n) is 3.66. The summed E-state index contributed by atoms with van der Waals surface area (Å²) in [6, 6.07) is 1.34. The summed E-state index contributed by atoms with van der Waals surface area (Å²) >= 11 is 0. The molecule has 3 aromatic heterocycles. The highest BCUT2D eigenvalue weighted by Gasteiger charge is 2.08. The summed E-state index contributed by atoms with van der Waals surface area (Å²) < 4.78 is 0. The third-order valence-electron chi connectivity index (χ3n) is 2.51. The van der Waals surface area contributed by atoms with Crippen LogP contribution in [0.15, 0.2) is 18.5 Å². The summed E-state index contributed by atoms with van der Waals surface area (Å²) in [5.41, 5.74) is 7.45. The smallest absolute Gasteiger partial charge is 0.312 e. The van der Waals surface area contributed by atoms with Crippen molar-refractivity contribution in [3.63, 3.8) is 0 Å². The Balaban J connectivity index is 2.08. The third kappa shape index (κ3) is 1.57. The molecule has 86 valence electrons. The van der Waals surface area contributed by atoms with Crippen molar-refractivity contribution >= 4 is 28.1 Å². The summed E-state index contributed by atoms with van der Waals surface area (Å²) in [6.07, 6.45) is 3.52. The summed E-state index contributed by atoms with van der Waals surface area (Å²) in [5, 5.41) is 3.43. The third-order valence-corrected chi connectivity index (χ3v) is 2.51. The van der Waals surface area contributed by atoms with Crippen molar-refractivity contribution < 1.29 is 4.79 Å². The van der Waals surface area contributed by atoms with Gasteiger partial charge in [-0.15, -0.1) is 0 Å². The number of urea groups is 1. The van der Waals surface area contributed by atoms with E-state index in [1.54, 1.807) is 6.20 Å². The molecule has 17 heavy (non-hydrogen) atoms. The molecular weight excluding hydrogens is 220 g/mol. The molecule has 0 aliphatic rings. The van der Waals surface area contributed by atoms with Gasteiger partial charge in [0.1, 0.15) is 17.0 Å². The zero-order valence-corrected chi connectivity index (χ0v) is 8.82. The lowest BCUT2D eigenvalue weighted by atomic mass is 10.3. The van der Waals surface area contributed by atoms with E-state index >= 15 is 0 Å². The number of H-pyrrole nitrogens is 2. The van der Waals surface area contributed by atoms with Gasteiger partial charge in [-0.2, -0.15) is 0 Å². The van der Waals surface area contributed by atoms with Crippen molar-refractivity contribution in [2.75, 3.05) is 0 Å². The highest BCUT2D eigenvalue weighted by Crippen LogP contribution is 2.20. The van der Waals surface area contributed by atoms with Gasteiger partial charge in [0, 0.05) is 11.6 Å². The van der Waals surface area contributed by atoms with Crippen molar-refractivity contribution in [2.45, 2.75) is 6.54 Å². The molecule has 5 N–H and O–H groups in total. The Morgan fingerprint density at radius 2 is 2.41 bits per heavy atom. The lowest BCUT2D eigenvalue weighted by Crippen LogP contribution is -2.29. The van der Waals surface area contributed by atoms with E-state index < -0.39 is 6.03 Å². The van der Waals surface area contributed by atoms with Crippen LogP contribution in [0, 0.1) is 0 Å². The maximum Gasteiger partial charge on any atom is 0.312 e. The van der Waals surface area contributed by atoms with Crippen molar-refractivity contribution in [1.82, 2.24) is 25.3 Å². The molecule has 0 aliphatic heterocycles. The number of imidazole rings is 1. The Morgan fingerprint density at radius 3 is 3.24 bits per heavy atom. The zero-order chi connectivity index (χ0) is 11.8. The van der Waals surface area contributed by atoms with Crippen molar-refractivity contribution in [3.8, 4) is 0 Å². The second kappa shape index (κ2) is 3.48. The van der Waals surface area contributed by atoms with Gasteiger partial charge in [-0.3, -0.25) is 0 Å². The summed E-state index contributed by atoms with van der Waals surface area (Å²) in [7, 11) is 0. The molecule has 0 bridgehead atoms. The highest BCUT2D eigenvalue weighted by atomic mass is 16.2. The second-order valence-corrected chi connectivity index (χ2v) is 3.66. The molecule has 7 nitrogen and oxygen atoms in total. The SMILES string of the molecule is NC(=O)NCc1nc2c(cnc3[nH]ccc32)[nH]1. The van der Waals surface area contributed by atoms with Crippen LogP contribution in [0.2, 0.25) is 0 Å². The van der Waals surface area contributed by atoms with Gasteiger partial charge >= 0.3 is 6.03 Å². The van der Waals surface area contributed by atoms with Crippen LogP contribution in [0.5, 0.6) is 0 Å². The van der Waals surface area contributed by atoms with Gasteiger partial charge in [0.25, 0.3) is 0 Å². The van der Waals surface area contributed by atoms with Crippen LogP contribution in [-0.4, -0.2) is 26.0 Å². The van der Waals surface area contributed by atoms with E-state index in [1.165, 1.54) is 0 Å². The number of fused-ring (bicyclic) bond motifs is 3. The number of primary amides is 1. The average Bonchev–Trinajstić information content (AvgIpc) is 2.91. The molecule has 0 aliphatic carbocycles. The number of hydrogen-bond donors (Lipinski definition) is 4. The maximum atomic E-state index is 10.6. The van der Waals surface area contributed by atoms with Gasteiger partial charge in [0.05, 0.1) is 18.3 Å². The Morgan fingerprint density at radius 1 is 1.53 bits per heavy atom. The largest absolute Gasteiger partial charge is 0.352 e. The lowest BCUT2D eigenvalue weighted by Gasteiger charge is -1.95. The fraction of sp³-hybridized carbons (Fsp3) is 0.100. The van der Waals surface area contributed by atoms with E-state index in [0.717, 1.165) is 22.1 Å². The first kappa shape index (κ1) is 9.64. The van der Waals surface area contributed by atoms with Crippen LogP contribution in [0.4, 0.5) is 4.79 Å². The van der Waals surface area contributed by atoms with Gasteiger partial charge in [0.15, 0.2) is 0 Å². The summed E-state index contributed by atoms with van der Waals surface area (Å²) in [4.78, 5) is 25.3.